The largest absolute Gasteiger partial charge is 0.508 e. The van der Waals surface area contributed by atoms with Gasteiger partial charge in [-0.2, -0.15) is 0 Å². The highest BCUT2D eigenvalue weighted by Gasteiger charge is 2.26. The van der Waals surface area contributed by atoms with Gasteiger partial charge in [-0.3, -0.25) is 9.88 Å². The van der Waals surface area contributed by atoms with Gasteiger partial charge in [0.25, 0.3) is 0 Å². The molecule has 186 valence electrons. The average Bonchev–Trinajstić information content (AvgIpc) is 2.89. The first-order valence-corrected chi connectivity index (χ1v) is 12.8. The van der Waals surface area contributed by atoms with Crippen LogP contribution in [0.15, 0.2) is 79.0 Å². The van der Waals surface area contributed by atoms with Crippen molar-refractivity contribution >= 4 is 28.2 Å². The second-order valence-electron chi connectivity index (χ2n) is 9.26. The van der Waals surface area contributed by atoms with Crippen LogP contribution in [-0.2, 0) is 0 Å². The molecule has 7 heteroatoms. The molecule has 3 N–H and O–H groups in total. The summed E-state index contributed by atoms with van der Waals surface area (Å²) in [6.45, 7) is 5.85. The minimum Gasteiger partial charge on any atom is -0.508 e. The van der Waals surface area contributed by atoms with E-state index in [1.807, 2.05) is 54.7 Å². The molecule has 1 fully saturated rings. The molecule has 0 aliphatic carbocycles. The van der Waals surface area contributed by atoms with Gasteiger partial charge in [0.05, 0.1) is 11.6 Å². The number of aromatic hydroxyl groups is 2. The molecule has 5 rings (SSSR count). The predicted molar refractivity (Wildman–Crippen MR) is 146 cm³/mol. The molecule has 36 heavy (non-hydrogen) atoms. The molecule has 1 aromatic heterocycles. The molecule has 3 aromatic carbocycles. The van der Waals surface area contributed by atoms with Gasteiger partial charge in [0.15, 0.2) is 0 Å². The summed E-state index contributed by atoms with van der Waals surface area (Å²) in [5.41, 5.74) is 4.27. The molecule has 0 atom stereocenters. The van der Waals surface area contributed by atoms with Crippen LogP contribution in [0.25, 0.3) is 10.9 Å². The summed E-state index contributed by atoms with van der Waals surface area (Å²) >= 11 is 6.11. The third-order valence-electron chi connectivity index (χ3n) is 6.86. The zero-order valence-electron chi connectivity index (χ0n) is 20.1. The number of benzene rings is 3. The monoisotopic (exact) mass is 502 g/mol. The number of pyridine rings is 1. The highest BCUT2D eigenvalue weighted by atomic mass is 35.5. The fraction of sp³-hybridized carbons (Fsp3) is 0.276. The molecule has 4 aromatic rings. The number of hydrogen-bond donors (Lipinski definition) is 3. The van der Waals surface area contributed by atoms with Gasteiger partial charge in [-0.05, 0) is 72.6 Å². The van der Waals surface area contributed by atoms with E-state index in [2.05, 4.69) is 20.1 Å². The second kappa shape index (κ2) is 11.2. The Morgan fingerprint density at radius 1 is 0.833 bits per heavy atom. The first-order valence-electron chi connectivity index (χ1n) is 12.4. The molecule has 0 bridgehead atoms. The molecule has 0 radical (unpaired) electrons. The topological polar surface area (TPSA) is 71.9 Å². The standard InChI is InChI=1S/C29H31ClN4O2/c30-23-6-11-26-27(12-14-32-28(26)20-23)31-13-1-15-33-16-18-34(19-17-33)29(21-2-7-24(35)8-3-21)22-4-9-25(36)10-5-22/h2-12,14,20,29,35-36H,1,13,15-19H2,(H,31,32). The van der Waals surface area contributed by atoms with Gasteiger partial charge < -0.3 is 20.4 Å². The van der Waals surface area contributed by atoms with Gasteiger partial charge in [-0.25, -0.2) is 0 Å². The number of fused-ring (bicyclic) bond motifs is 1. The minimum absolute atomic E-state index is 0.0866. The molecule has 0 saturated carbocycles. The van der Waals surface area contributed by atoms with Crippen LogP contribution in [0, 0.1) is 0 Å². The molecular weight excluding hydrogens is 472 g/mol. The summed E-state index contributed by atoms with van der Waals surface area (Å²) in [7, 11) is 0. The lowest BCUT2D eigenvalue weighted by atomic mass is 9.96. The van der Waals surface area contributed by atoms with Crippen LogP contribution in [0.4, 0.5) is 5.69 Å². The van der Waals surface area contributed by atoms with Crippen molar-refractivity contribution in [2.45, 2.75) is 12.5 Å². The van der Waals surface area contributed by atoms with Crippen LogP contribution < -0.4 is 5.32 Å². The molecule has 2 heterocycles. The van der Waals surface area contributed by atoms with Crippen molar-refractivity contribution in [1.29, 1.82) is 0 Å². The summed E-state index contributed by atoms with van der Waals surface area (Å²) in [4.78, 5) is 9.42. The number of aromatic nitrogens is 1. The van der Waals surface area contributed by atoms with Gasteiger partial charge in [-0.15, -0.1) is 0 Å². The van der Waals surface area contributed by atoms with E-state index in [1.54, 1.807) is 24.3 Å². The maximum Gasteiger partial charge on any atom is 0.115 e. The first-order chi connectivity index (χ1) is 17.6. The molecule has 6 nitrogen and oxygen atoms in total. The van der Waals surface area contributed by atoms with Crippen molar-refractivity contribution in [3.63, 3.8) is 0 Å². The Bertz CT molecular complexity index is 1240. The number of hydrogen-bond acceptors (Lipinski definition) is 6. The van der Waals surface area contributed by atoms with E-state index < -0.39 is 0 Å². The molecule has 1 aliphatic heterocycles. The smallest absolute Gasteiger partial charge is 0.115 e. The van der Waals surface area contributed by atoms with Crippen LogP contribution in [0.5, 0.6) is 11.5 Å². The van der Waals surface area contributed by atoms with Gasteiger partial charge in [-0.1, -0.05) is 35.9 Å². The van der Waals surface area contributed by atoms with Crippen LogP contribution in [0.2, 0.25) is 5.02 Å². The highest BCUT2D eigenvalue weighted by Crippen LogP contribution is 2.31. The van der Waals surface area contributed by atoms with Gasteiger partial charge in [0.2, 0.25) is 0 Å². The van der Waals surface area contributed by atoms with Crippen molar-refractivity contribution in [1.82, 2.24) is 14.8 Å². The van der Waals surface area contributed by atoms with E-state index in [4.69, 9.17) is 11.6 Å². The van der Waals surface area contributed by atoms with Gasteiger partial charge in [0.1, 0.15) is 11.5 Å². The van der Waals surface area contributed by atoms with Crippen LogP contribution in [-0.4, -0.2) is 64.3 Å². The number of phenolic OH excluding ortho intramolecular Hbond substituents is 2. The third-order valence-corrected chi connectivity index (χ3v) is 7.10. The lowest BCUT2D eigenvalue weighted by molar-refractivity contribution is 0.109. The van der Waals surface area contributed by atoms with Crippen molar-refractivity contribution in [2.75, 3.05) is 44.6 Å². The van der Waals surface area contributed by atoms with E-state index >= 15 is 0 Å². The normalized spacial score (nSPS) is 14.9. The molecule has 0 amide bonds. The molecular formula is C29H31ClN4O2. The van der Waals surface area contributed by atoms with Crippen LogP contribution in [0.1, 0.15) is 23.6 Å². The summed E-state index contributed by atoms with van der Waals surface area (Å²) in [6.07, 6.45) is 2.87. The zero-order chi connectivity index (χ0) is 24.9. The maximum atomic E-state index is 9.76. The number of anilines is 1. The average molecular weight is 503 g/mol. The van der Waals surface area contributed by atoms with E-state index in [0.29, 0.717) is 5.02 Å². The SMILES string of the molecule is Oc1ccc(C(c2ccc(O)cc2)N2CCN(CCCNc3ccnc4cc(Cl)ccc34)CC2)cc1. The summed E-state index contributed by atoms with van der Waals surface area (Å²) in [5, 5.41) is 24.9. The number of piperazine rings is 1. The number of nitrogens with zero attached hydrogens (tertiary/aromatic N) is 3. The highest BCUT2D eigenvalue weighted by molar-refractivity contribution is 6.31. The van der Waals surface area contributed by atoms with Gasteiger partial charge in [0, 0.05) is 55.0 Å². The van der Waals surface area contributed by atoms with E-state index in [-0.39, 0.29) is 17.5 Å². The molecule has 1 saturated heterocycles. The Labute approximate surface area is 216 Å². The second-order valence-corrected chi connectivity index (χ2v) is 9.70. The Morgan fingerprint density at radius 3 is 2.11 bits per heavy atom. The number of rotatable bonds is 8. The van der Waals surface area contributed by atoms with Crippen molar-refractivity contribution in [3.05, 3.63) is 95.1 Å². The van der Waals surface area contributed by atoms with E-state index in [1.165, 1.54) is 0 Å². The quantitative estimate of drug-likeness (QED) is 0.276. The number of nitrogens with one attached hydrogen (secondary N) is 1. The van der Waals surface area contributed by atoms with E-state index in [9.17, 15) is 10.2 Å². The van der Waals surface area contributed by atoms with Crippen LogP contribution >= 0.6 is 11.6 Å². The molecule has 0 spiro atoms. The fourth-order valence-electron chi connectivity index (χ4n) is 4.97. The summed E-state index contributed by atoms with van der Waals surface area (Å²) < 4.78 is 0. The van der Waals surface area contributed by atoms with Crippen LogP contribution in [0.3, 0.4) is 0 Å². The summed E-state index contributed by atoms with van der Waals surface area (Å²) in [5.74, 6) is 0.537. The predicted octanol–water partition coefficient (Wildman–Crippen LogP) is 5.51. The lowest BCUT2D eigenvalue weighted by Crippen LogP contribution is -2.48. The van der Waals surface area contributed by atoms with Crippen molar-refractivity contribution in [3.8, 4) is 11.5 Å². The maximum absolute atomic E-state index is 9.76. The van der Waals surface area contributed by atoms with Crippen molar-refractivity contribution < 1.29 is 10.2 Å². The minimum atomic E-state index is 0.0866. The number of halogens is 1. The Balaban J connectivity index is 1.16. The molecule has 0 unspecified atom stereocenters. The lowest BCUT2D eigenvalue weighted by Gasteiger charge is -2.40. The Morgan fingerprint density at radius 2 is 1.47 bits per heavy atom. The summed E-state index contributed by atoms with van der Waals surface area (Å²) in [6, 6.07) is 22.8. The third kappa shape index (κ3) is 5.73. The van der Waals surface area contributed by atoms with E-state index in [0.717, 1.165) is 73.4 Å². The Kier molecular flexibility index (Phi) is 7.56. The number of phenols is 2. The van der Waals surface area contributed by atoms with Crippen molar-refractivity contribution in [2.24, 2.45) is 0 Å². The van der Waals surface area contributed by atoms with Gasteiger partial charge >= 0.3 is 0 Å². The Hall–Kier alpha value is -3.32. The first kappa shape index (κ1) is 24.4. The molecule has 1 aliphatic rings. The zero-order valence-corrected chi connectivity index (χ0v) is 20.9. The fourth-order valence-corrected chi connectivity index (χ4v) is 5.14.